The first kappa shape index (κ1) is 14.7. The third kappa shape index (κ3) is 3.34. The fourth-order valence-corrected chi connectivity index (χ4v) is 1.47. The fourth-order valence-electron chi connectivity index (χ4n) is 1.47. The molecule has 0 atom stereocenters. The number of carbonyl (C=O) groups excluding carboxylic acids is 2. The molecular weight excluding hydrogens is 248 g/mol. The monoisotopic (exact) mass is 266 g/mol. The molecule has 0 aliphatic rings. The highest BCUT2D eigenvalue weighted by Crippen LogP contribution is 2.23. The van der Waals surface area contributed by atoms with Gasteiger partial charge in [-0.2, -0.15) is 0 Å². The largest absolute Gasteiger partial charge is 0.465 e. The number of nitrogens with zero attached hydrogens (tertiary/aromatic N) is 3. The van der Waals surface area contributed by atoms with Crippen molar-refractivity contribution in [1.29, 1.82) is 0 Å². The molecule has 7 nitrogen and oxygen atoms in total. The molecular formula is C12H18N4O3. The molecule has 1 rings (SSSR count). The van der Waals surface area contributed by atoms with Crippen molar-refractivity contribution in [3.63, 3.8) is 0 Å². The molecule has 1 aromatic rings. The SMILES string of the molecule is COC(=O)c1ccnc(N(C)CC(=O)N(C)C)c1N. The topological polar surface area (TPSA) is 88.8 Å². The van der Waals surface area contributed by atoms with E-state index in [0.717, 1.165) is 0 Å². The quantitative estimate of drug-likeness (QED) is 0.770. The van der Waals surface area contributed by atoms with Crippen molar-refractivity contribution in [1.82, 2.24) is 9.88 Å². The third-order valence-corrected chi connectivity index (χ3v) is 2.61. The van der Waals surface area contributed by atoms with Crippen LogP contribution in [0.5, 0.6) is 0 Å². The zero-order valence-electron chi connectivity index (χ0n) is 11.5. The van der Waals surface area contributed by atoms with Crippen molar-refractivity contribution in [2.75, 3.05) is 45.4 Å². The van der Waals surface area contributed by atoms with Crippen LogP contribution in [0.2, 0.25) is 0 Å². The maximum atomic E-state index is 11.6. The standard InChI is InChI=1S/C12H18N4O3/c1-15(2)9(17)7-16(3)11-10(13)8(5-6-14-11)12(18)19-4/h5-6H,7,13H2,1-4H3. The number of hydrogen-bond donors (Lipinski definition) is 1. The van der Waals surface area contributed by atoms with Gasteiger partial charge in [-0.25, -0.2) is 9.78 Å². The van der Waals surface area contributed by atoms with Crippen LogP contribution in [0.15, 0.2) is 12.3 Å². The van der Waals surface area contributed by atoms with E-state index < -0.39 is 5.97 Å². The number of ether oxygens (including phenoxy) is 1. The van der Waals surface area contributed by atoms with Crippen molar-refractivity contribution in [3.05, 3.63) is 17.8 Å². The van der Waals surface area contributed by atoms with Gasteiger partial charge in [0.2, 0.25) is 5.91 Å². The lowest BCUT2D eigenvalue weighted by Crippen LogP contribution is -2.35. The molecule has 0 saturated heterocycles. The van der Waals surface area contributed by atoms with Crippen LogP contribution in [0.4, 0.5) is 11.5 Å². The smallest absolute Gasteiger partial charge is 0.340 e. The predicted octanol–water partition coefficient (Wildman–Crippen LogP) is -0.0252. The van der Waals surface area contributed by atoms with Gasteiger partial charge in [0.15, 0.2) is 5.82 Å². The van der Waals surface area contributed by atoms with Gasteiger partial charge < -0.3 is 20.3 Å². The first-order chi connectivity index (χ1) is 8.88. The molecule has 1 aromatic heterocycles. The number of pyridine rings is 1. The van der Waals surface area contributed by atoms with Gasteiger partial charge in [0.25, 0.3) is 0 Å². The predicted molar refractivity (Wildman–Crippen MR) is 72.0 cm³/mol. The number of amides is 1. The van der Waals surface area contributed by atoms with E-state index in [-0.39, 0.29) is 23.7 Å². The molecule has 0 fully saturated rings. The van der Waals surface area contributed by atoms with Crippen LogP contribution in [0, 0.1) is 0 Å². The molecule has 0 unspecified atom stereocenters. The number of esters is 1. The minimum absolute atomic E-state index is 0.0906. The van der Waals surface area contributed by atoms with Gasteiger partial charge in [0.1, 0.15) is 0 Å². The molecule has 0 aliphatic carbocycles. The summed E-state index contributed by atoms with van der Waals surface area (Å²) in [6.45, 7) is 0.120. The summed E-state index contributed by atoms with van der Waals surface area (Å²) in [4.78, 5) is 30.3. The lowest BCUT2D eigenvalue weighted by Gasteiger charge is -2.21. The van der Waals surface area contributed by atoms with Gasteiger partial charge >= 0.3 is 5.97 Å². The molecule has 19 heavy (non-hydrogen) atoms. The molecule has 0 bridgehead atoms. The Hall–Kier alpha value is -2.31. The zero-order valence-corrected chi connectivity index (χ0v) is 11.5. The van der Waals surface area contributed by atoms with Crippen molar-refractivity contribution in [2.24, 2.45) is 0 Å². The lowest BCUT2D eigenvalue weighted by molar-refractivity contribution is -0.127. The fraction of sp³-hybridized carbons (Fsp3) is 0.417. The number of likely N-dealkylation sites (N-methyl/N-ethyl adjacent to an activating group) is 2. The normalized spacial score (nSPS) is 9.89. The van der Waals surface area contributed by atoms with E-state index in [0.29, 0.717) is 5.82 Å². The first-order valence-electron chi connectivity index (χ1n) is 5.62. The van der Waals surface area contributed by atoms with E-state index >= 15 is 0 Å². The summed E-state index contributed by atoms with van der Waals surface area (Å²) in [6.07, 6.45) is 1.45. The Morgan fingerprint density at radius 1 is 1.37 bits per heavy atom. The molecule has 0 saturated carbocycles. The molecule has 0 aliphatic heterocycles. The Balaban J connectivity index is 3.01. The van der Waals surface area contributed by atoms with Gasteiger partial charge in [-0.3, -0.25) is 4.79 Å². The molecule has 0 spiro atoms. The summed E-state index contributed by atoms with van der Waals surface area (Å²) in [5.74, 6) is -0.251. The van der Waals surface area contributed by atoms with Crippen LogP contribution >= 0.6 is 0 Å². The van der Waals surface area contributed by atoms with E-state index in [9.17, 15) is 9.59 Å². The van der Waals surface area contributed by atoms with Crippen molar-refractivity contribution >= 4 is 23.4 Å². The Kier molecular flexibility index (Phi) is 4.68. The van der Waals surface area contributed by atoms with E-state index in [1.807, 2.05) is 0 Å². The number of carbonyl (C=O) groups is 2. The Labute approximate surface area is 112 Å². The first-order valence-corrected chi connectivity index (χ1v) is 5.62. The Bertz CT molecular complexity index is 488. The number of anilines is 2. The van der Waals surface area contributed by atoms with Crippen LogP contribution in [0.1, 0.15) is 10.4 Å². The number of nitrogens with two attached hydrogens (primary N) is 1. The molecule has 0 radical (unpaired) electrons. The molecule has 104 valence electrons. The van der Waals surface area contributed by atoms with Crippen molar-refractivity contribution < 1.29 is 14.3 Å². The second-order valence-electron chi connectivity index (χ2n) is 4.23. The summed E-state index contributed by atoms with van der Waals surface area (Å²) >= 11 is 0. The van der Waals surface area contributed by atoms with Crippen LogP contribution in [-0.4, -0.2) is 56.6 Å². The summed E-state index contributed by atoms with van der Waals surface area (Å²) in [5, 5.41) is 0. The van der Waals surface area contributed by atoms with Crippen LogP contribution in [0.25, 0.3) is 0 Å². The summed E-state index contributed by atoms with van der Waals surface area (Å²) in [7, 11) is 6.29. The Morgan fingerprint density at radius 3 is 2.53 bits per heavy atom. The number of nitrogen functional groups attached to an aromatic ring is 1. The maximum Gasteiger partial charge on any atom is 0.340 e. The van der Waals surface area contributed by atoms with Crippen molar-refractivity contribution in [3.8, 4) is 0 Å². The average Bonchev–Trinajstić information content (AvgIpc) is 2.37. The molecule has 7 heteroatoms. The Morgan fingerprint density at radius 2 is 2.00 bits per heavy atom. The van der Waals surface area contributed by atoms with Crippen LogP contribution in [-0.2, 0) is 9.53 Å². The van der Waals surface area contributed by atoms with Gasteiger partial charge in [0.05, 0.1) is 24.9 Å². The van der Waals surface area contributed by atoms with Gasteiger partial charge in [-0.05, 0) is 6.07 Å². The van der Waals surface area contributed by atoms with Gasteiger partial charge in [-0.15, -0.1) is 0 Å². The van der Waals surface area contributed by atoms with Crippen molar-refractivity contribution in [2.45, 2.75) is 0 Å². The molecule has 1 amide bonds. The van der Waals surface area contributed by atoms with E-state index in [1.54, 1.807) is 26.0 Å². The summed E-state index contributed by atoms with van der Waals surface area (Å²) in [6, 6.07) is 1.48. The molecule has 2 N–H and O–H groups in total. The van der Waals surface area contributed by atoms with Crippen LogP contribution in [0.3, 0.4) is 0 Å². The average molecular weight is 266 g/mol. The number of hydrogen-bond acceptors (Lipinski definition) is 6. The summed E-state index contributed by atoms with van der Waals surface area (Å²) < 4.78 is 4.63. The zero-order chi connectivity index (χ0) is 14.6. The van der Waals surface area contributed by atoms with E-state index in [1.165, 1.54) is 24.3 Å². The number of methoxy groups -OCH3 is 1. The number of rotatable bonds is 4. The van der Waals surface area contributed by atoms with Gasteiger partial charge in [0, 0.05) is 27.3 Å². The van der Waals surface area contributed by atoms with E-state index in [2.05, 4.69) is 9.72 Å². The van der Waals surface area contributed by atoms with E-state index in [4.69, 9.17) is 5.73 Å². The minimum Gasteiger partial charge on any atom is -0.465 e. The highest BCUT2D eigenvalue weighted by Gasteiger charge is 2.18. The summed E-state index contributed by atoms with van der Waals surface area (Å²) in [5.41, 5.74) is 6.31. The number of aromatic nitrogens is 1. The second kappa shape index (κ2) is 6.03. The lowest BCUT2D eigenvalue weighted by atomic mass is 10.2. The highest BCUT2D eigenvalue weighted by molar-refractivity contribution is 5.98. The minimum atomic E-state index is -0.534. The highest BCUT2D eigenvalue weighted by atomic mass is 16.5. The van der Waals surface area contributed by atoms with Crippen LogP contribution < -0.4 is 10.6 Å². The molecule has 1 heterocycles. The second-order valence-corrected chi connectivity index (χ2v) is 4.23. The third-order valence-electron chi connectivity index (χ3n) is 2.61. The maximum absolute atomic E-state index is 11.6. The van der Waals surface area contributed by atoms with Gasteiger partial charge in [-0.1, -0.05) is 0 Å². The molecule has 0 aromatic carbocycles.